The van der Waals surface area contributed by atoms with E-state index < -0.39 is 0 Å². The van der Waals surface area contributed by atoms with Gasteiger partial charge in [0.25, 0.3) is 0 Å². The zero-order valence-electron chi connectivity index (χ0n) is 16.2. The lowest BCUT2D eigenvalue weighted by Crippen LogP contribution is -2.41. The summed E-state index contributed by atoms with van der Waals surface area (Å²) in [6, 6.07) is 0. The van der Waals surface area contributed by atoms with Crippen LogP contribution in [-0.4, -0.2) is 24.6 Å². The molecule has 2 aliphatic rings. The molecule has 0 spiro atoms. The first-order valence-electron chi connectivity index (χ1n) is 9.31. The van der Waals surface area contributed by atoms with E-state index in [0.29, 0.717) is 23.7 Å². The van der Waals surface area contributed by atoms with Crippen LogP contribution in [0.1, 0.15) is 66.2 Å². The van der Waals surface area contributed by atoms with E-state index in [1.165, 1.54) is 6.42 Å². The average Bonchev–Trinajstić information content (AvgIpc) is 2.89. The number of hydrogen-bond acceptors (Lipinski definition) is 4. The molecule has 0 aromatic heterocycles. The first-order chi connectivity index (χ1) is 11.6. The highest BCUT2D eigenvalue weighted by atomic mass is 16.5. The first-order valence-corrected chi connectivity index (χ1v) is 9.31. The fourth-order valence-corrected chi connectivity index (χ4v) is 4.82. The van der Waals surface area contributed by atoms with Crippen molar-refractivity contribution in [1.29, 1.82) is 0 Å². The monoisotopic (exact) mass is 348 g/mol. The van der Waals surface area contributed by atoms with Crippen LogP contribution in [0.5, 0.6) is 0 Å². The second-order valence-corrected chi connectivity index (χ2v) is 8.40. The molecular weight excluding hydrogens is 316 g/mol. The topological polar surface area (TPSA) is 52.6 Å². The van der Waals surface area contributed by atoms with Crippen LogP contribution >= 0.6 is 0 Å². The molecule has 0 radical (unpaired) electrons. The summed E-state index contributed by atoms with van der Waals surface area (Å²) < 4.78 is 11.0. The number of fused-ring (bicyclic) bond motifs is 2. The number of esters is 2. The van der Waals surface area contributed by atoms with Crippen molar-refractivity contribution in [2.45, 2.75) is 72.3 Å². The molecule has 25 heavy (non-hydrogen) atoms. The molecule has 2 fully saturated rings. The molecule has 0 amide bonds. The fourth-order valence-electron chi connectivity index (χ4n) is 4.82. The lowest BCUT2D eigenvalue weighted by molar-refractivity contribution is -0.153. The minimum Gasteiger partial charge on any atom is -0.462 e. The maximum Gasteiger partial charge on any atom is 0.333 e. The zero-order valence-corrected chi connectivity index (χ0v) is 16.2. The molecule has 0 heterocycles. The van der Waals surface area contributed by atoms with Crippen molar-refractivity contribution >= 4 is 11.9 Å². The predicted molar refractivity (Wildman–Crippen MR) is 97.9 cm³/mol. The second-order valence-electron chi connectivity index (χ2n) is 8.40. The molecule has 2 rings (SSSR count). The Bertz CT molecular complexity index is 574. The Labute approximate surface area is 151 Å². The highest BCUT2D eigenvalue weighted by Gasteiger charge is 2.64. The Balaban J connectivity index is 1.96. The number of hydrogen-bond donors (Lipinski definition) is 0. The molecule has 3 atom stereocenters. The lowest BCUT2D eigenvalue weighted by Gasteiger charge is -2.42. The van der Waals surface area contributed by atoms with Gasteiger partial charge in [-0.3, -0.25) is 0 Å². The molecule has 0 aromatic rings. The van der Waals surface area contributed by atoms with Crippen LogP contribution in [-0.2, 0) is 19.1 Å². The summed E-state index contributed by atoms with van der Waals surface area (Å²) in [4.78, 5) is 23.5. The zero-order chi connectivity index (χ0) is 18.8. The number of rotatable bonds is 8. The Morgan fingerprint density at radius 1 is 1.08 bits per heavy atom. The summed E-state index contributed by atoms with van der Waals surface area (Å²) in [6.45, 7) is 15.7. The van der Waals surface area contributed by atoms with Crippen molar-refractivity contribution in [3.63, 3.8) is 0 Å². The quantitative estimate of drug-likeness (QED) is 0.366. The summed E-state index contributed by atoms with van der Waals surface area (Å²) in [5, 5.41) is 0. The van der Waals surface area contributed by atoms with Crippen molar-refractivity contribution in [1.82, 2.24) is 0 Å². The Morgan fingerprint density at radius 3 is 2.28 bits per heavy atom. The van der Waals surface area contributed by atoms with E-state index in [1.807, 2.05) is 0 Å². The molecule has 0 saturated heterocycles. The number of unbranched alkanes of at least 4 members (excludes halogenated alkanes) is 1. The minimum absolute atomic E-state index is 0.0246. The van der Waals surface area contributed by atoms with E-state index in [-0.39, 0.29) is 28.9 Å². The van der Waals surface area contributed by atoms with E-state index in [9.17, 15) is 9.59 Å². The van der Waals surface area contributed by atoms with Crippen LogP contribution in [0.25, 0.3) is 0 Å². The van der Waals surface area contributed by atoms with E-state index in [0.717, 1.165) is 32.1 Å². The van der Waals surface area contributed by atoms with Gasteiger partial charge >= 0.3 is 11.9 Å². The molecule has 0 N–H and O–H groups in total. The maximum atomic E-state index is 12.1. The molecule has 0 aromatic carbocycles. The Morgan fingerprint density at radius 2 is 1.72 bits per heavy atom. The van der Waals surface area contributed by atoms with E-state index >= 15 is 0 Å². The molecule has 2 saturated carbocycles. The number of carbonyl (C=O) groups excluding carboxylic acids is 2. The van der Waals surface area contributed by atoms with Gasteiger partial charge in [-0.05, 0) is 63.7 Å². The third-order valence-electron chi connectivity index (χ3n) is 6.55. The number of ether oxygens (including phenoxy) is 2. The molecule has 4 heteroatoms. The molecule has 3 unspecified atom stereocenters. The minimum atomic E-state index is -0.325. The van der Waals surface area contributed by atoms with Crippen LogP contribution in [0.2, 0.25) is 0 Å². The lowest BCUT2D eigenvalue weighted by atomic mass is 9.65. The molecule has 4 nitrogen and oxygen atoms in total. The molecule has 140 valence electrons. The van der Waals surface area contributed by atoms with E-state index in [4.69, 9.17) is 9.47 Å². The smallest absolute Gasteiger partial charge is 0.333 e. The van der Waals surface area contributed by atoms with Crippen molar-refractivity contribution in [3.8, 4) is 0 Å². The van der Waals surface area contributed by atoms with Crippen LogP contribution in [0.3, 0.4) is 0 Å². The van der Waals surface area contributed by atoms with Crippen LogP contribution in [0.4, 0.5) is 0 Å². The fraction of sp³-hybridized carbons (Fsp3) is 0.714. The Kier molecular flexibility index (Phi) is 5.80. The van der Waals surface area contributed by atoms with Gasteiger partial charge in [0.15, 0.2) is 0 Å². The van der Waals surface area contributed by atoms with Crippen molar-refractivity contribution < 1.29 is 19.1 Å². The van der Waals surface area contributed by atoms with Gasteiger partial charge in [-0.2, -0.15) is 0 Å². The normalized spacial score (nSPS) is 29.3. The summed E-state index contributed by atoms with van der Waals surface area (Å²) in [6.07, 6.45) is 6.02. The highest BCUT2D eigenvalue weighted by Crippen LogP contribution is 2.68. The van der Waals surface area contributed by atoms with Crippen molar-refractivity contribution in [2.75, 3.05) is 6.61 Å². The standard InChI is InChI=1S/C21H32O4/c1-14(2)18(22)24-12-8-7-10-21-11-9-16(20(21,5)6)13-17(21)25-19(23)15(3)4/h16-17H,1,3,7-13H2,2,4-6H3. The average molecular weight is 348 g/mol. The van der Waals surface area contributed by atoms with Gasteiger partial charge in [0.2, 0.25) is 0 Å². The second kappa shape index (κ2) is 7.35. The summed E-state index contributed by atoms with van der Waals surface area (Å²) in [7, 11) is 0. The third-order valence-corrected chi connectivity index (χ3v) is 6.55. The van der Waals surface area contributed by atoms with Gasteiger partial charge in [0.1, 0.15) is 6.10 Å². The van der Waals surface area contributed by atoms with Gasteiger partial charge in [-0.15, -0.1) is 0 Å². The van der Waals surface area contributed by atoms with Gasteiger partial charge < -0.3 is 9.47 Å². The number of carbonyl (C=O) groups is 2. The van der Waals surface area contributed by atoms with Crippen molar-refractivity contribution in [2.24, 2.45) is 16.7 Å². The third kappa shape index (κ3) is 3.68. The summed E-state index contributed by atoms with van der Waals surface area (Å²) in [5.41, 5.74) is 1.09. The SMILES string of the molecule is C=C(C)C(=O)OCCCCC12CCC(CC1OC(=O)C(=C)C)C2(C)C. The summed E-state index contributed by atoms with van der Waals surface area (Å²) >= 11 is 0. The van der Waals surface area contributed by atoms with Gasteiger partial charge in [0.05, 0.1) is 6.61 Å². The van der Waals surface area contributed by atoms with Crippen LogP contribution in [0.15, 0.2) is 24.3 Å². The van der Waals surface area contributed by atoms with Crippen LogP contribution < -0.4 is 0 Å². The molecule has 2 bridgehead atoms. The van der Waals surface area contributed by atoms with E-state index in [2.05, 4.69) is 27.0 Å². The van der Waals surface area contributed by atoms with Gasteiger partial charge in [-0.25, -0.2) is 9.59 Å². The molecular formula is C21H32O4. The van der Waals surface area contributed by atoms with Gasteiger partial charge in [0, 0.05) is 16.6 Å². The maximum absolute atomic E-state index is 12.1. The van der Waals surface area contributed by atoms with Gasteiger partial charge in [-0.1, -0.05) is 27.0 Å². The Hall–Kier alpha value is -1.58. The molecule has 2 aliphatic carbocycles. The molecule has 0 aliphatic heterocycles. The summed E-state index contributed by atoms with van der Waals surface area (Å²) in [5.74, 6) is 0.00772. The van der Waals surface area contributed by atoms with Crippen molar-refractivity contribution in [3.05, 3.63) is 24.3 Å². The predicted octanol–water partition coefficient (Wildman–Crippen LogP) is 4.59. The first kappa shape index (κ1) is 19.7. The van der Waals surface area contributed by atoms with Crippen LogP contribution in [0, 0.1) is 16.7 Å². The van der Waals surface area contributed by atoms with E-state index in [1.54, 1.807) is 13.8 Å². The largest absolute Gasteiger partial charge is 0.462 e. The highest BCUT2D eigenvalue weighted by molar-refractivity contribution is 5.87.